The second-order valence-electron chi connectivity index (χ2n) is 5.76. The molecular formula is C17H29FN2. The maximum atomic E-state index is 14.3. The Morgan fingerprint density at radius 3 is 2.35 bits per heavy atom. The highest BCUT2D eigenvalue weighted by atomic mass is 19.1. The Balaban J connectivity index is 2.90. The molecule has 0 saturated carbocycles. The molecule has 20 heavy (non-hydrogen) atoms. The van der Waals surface area contributed by atoms with Crippen molar-refractivity contribution in [3.8, 4) is 0 Å². The number of anilines is 1. The monoisotopic (exact) mass is 280 g/mol. The largest absolute Gasteiger partial charge is 0.369 e. The summed E-state index contributed by atoms with van der Waals surface area (Å²) in [5.74, 6) is 0.505. The molecule has 0 aliphatic carbocycles. The van der Waals surface area contributed by atoms with Crippen molar-refractivity contribution in [2.75, 3.05) is 24.5 Å². The van der Waals surface area contributed by atoms with Gasteiger partial charge in [0.05, 0.1) is 5.69 Å². The predicted molar refractivity (Wildman–Crippen MR) is 85.7 cm³/mol. The summed E-state index contributed by atoms with van der Waals surface area (Å²) in [5.41, 5.74) is 1.85. The molecule has 0 spiro atoms. The van der Waals surface area contributed by atoms with Gasteiger partial charge in [0.25, 0.3) is 0 Å². The number of rotatable bonds is 9. The summed E-state index contributed by atoms with van der Waals surface area (Å²) < 4.78 is 14.3. The van der Waals surface area contributed by atoms with Crippen molar-refractivity contribution < 1.29 is 4.39 Å². The Morgan fingerprint density at radius 2 is 1.80 bits per heavy atom. The summed E-state index contributed by atoms with van der Waals surface area (Å²) in [6, 6.07) is 5.41. The van der Waals surface area contributed by atoms with E-state index in [0.717, 1.165) is 50.3 Å². The van der Waals surface area contributed by atoms with Gasteiger partial charge in [-0.25, -0.2) is 4.39 Å². The summed E-state index contributed by atoms with van der Waals surface area (Å²) in [5, 5.41) is 3.41. The number of nitrogens with zero attached hydrogens (tertiary/aromatic N) is 1. The highest BCUT2D eigenvalue weighted by Gasteiger charge is 2.14. The normalized spacial score (nSPS) is 11.1. The topological polar surface area (TPSA) is 15.3 Å². The Morgan fingerprint density at radius 1 is 1.15 bits per heavy atom. The van der Waals surface area contributed by atoms with E-state index in [1.807, 2.05) is 6.07 Å². The second kappa shape index (κ2) is 8.96. The fourth-order valence-corrected chi connectivity index (χ4v) is 2.43. The third-order valence-corrected chi connectivity index (χ3v) is 3.24. The summed E-state index contributed by atoms with van der Waals surface area (Å²) >= 11 is 0. The Bertz CT molecular complexity index is 385. The van der Waals surface area contributed by atoms with Gasteiger partial charge >= 0.3 is 0 Å². The molecule has 0 fully saturated rings. The second-order valence-corrected chi connectivity index (χ2v) is 5.76. The third-order valence-electron chi connectivity index (χ3n) is 3.24. The van der Waals surface area contributed by atoms with Crippen LogP contribution in [0.2, 0.25) is 0 Å². The Hall–Kier alpha value is -1.09. The van der Waals surface area contributed by atoms with E-state index in [4.69, 9.17) is 0 Å². The van der Waals surface area contributed by atoms with Gasteiger partial charge in [0, 0.05) is 19.6 Å². The van der Waals surface area contributed by atoms with E-state index in [1.54, 1.807) is 12.1 Å². The molecule has 0 atom stereocenters. The maximum Gasteiger partial charge on any atom is 0.146 e. The van der Waals surface area contributed by atoms with Crippen molar-refractivity contribution in [3.63, 3.8) is 0 Å². The van der Waals surface area contributed by atoms with E-state index in [9.17, 15) is 4.39 Å². The van der Waals surface area contributed by atoms with Crippen LogP contribution in [0.4, 0.5) is 10.1 Å². The molecule has 0 radical (unpaired) electrons. The highest BCUT2D eigenvalue weighted by Crippen LogP contribution is 2.25. The van der Waals surface area contributed by atoms with Crippen LogP contribution < -0.4 is 10.2 Å². The predicted octanol–water partition coefficient (Wildman–Crippen LogP) is 4.20. The molecule has 114 valence electrons. The number of hydrogen-bond donors (Lipinski definition) is 1. The zero-order valence-corrected chi connectivity index (χ0v) is 13.4. The molecular weight excluding hydrogens is 251 g/mol. The van der Waals surface area contributed by atoms with Crippen LogP contribution in [0, 0.1) is 11.7 Å². The van der Waals surface area contributed by atoms with Crippen molar-refractivity contribution in [1.29, 1.82) is 0 Å². The lowest BCUT2D eigenvalue weighted by atomic mass is 10.1. The van der Waals surface area contributed by atoms with E-state index in [0.29, 0.717) is 5.92 Å². The molecule has 0 aliphatic rings. The molecule has 0 aromatic heterocycles. The number of para-hydroxylation sites is 1. The fourth-order valence-electron chi connectivity index (χ4n) is 2.43. The lowest BCUT2D eigenvalue weighted by Gasteiger charge is -2.27. The molecule has 1 rings (SSSR count). The van der Waals surface area contributed by atoms with Gasteiger partial charge in [-0.15, -0.1) is 0 Å². The molecule has 1 aromatic carbocycles. The number of benzene rings is 1. The van der Waals surface area contributed by atoms with E-state index >= 15 is 0 Å². The number of nitrogens with one attached hydrogen (secondary N) is 1. The van der Waals surface area contributed by atoms with Crippen molar-refractivity contribution in [2.24, 2.45) is 5.92 Å². The first-order chi connectivity index (χ1) is 9.60. The summed E-state index contributed by atoms with van der Waals surface area (Å²) in [6.07, 6.45) is 2.07. The van der Waals surface area contributed by atoms with Gasteiger partial charge in [0.2, 0.25) is 0 Å². The maximum absolute atomic E-state index is 14.3. The van der Waals surface area contributed by atoms with Crippen LogP contribution in [-0.4, -0.2) is 19.6 Å². The molecule has 0 amide bonds. The standard InChI is InChI=1S/C17H29FN2/c1-5-10-20(11-6-2)17-15(8-7-9-16(17)18)13-19-12-14(3)4/h7-9,14,19H,5-6,10-13H2,1-4H3. The molecule has 1 N–H and O–H groups in total. The van der Waals surface area contributed by atoms with Gasteiger partial charge < -0.3 is 10.2 Å². The van der Waals surface area contributed by atoms with Gasteiger partial charge in [0.15, 0.2) is 0 Å². The quantitative estimate of drug-likeness (QED) is 0.729. The van der Waals surface area contributed by atoms with Crippen molar-refractivity contribution in [2.45, 2.75) is 47.1 Å². The van der Waals surface area contributed by atoms with E-state index in [-0.39, 0.29) is 5.82 Å². The first kappa shape index (κ1) is 17.0. The zero-order valence-electron chi connectivity index (χ0n) is 13.4. The van der Waals surface area contributed by atoms with Crippen LogP contribution >= 0.6 is 0 Å². The summed E-state index contributed by atoms with van der Waals surface area (Å²) in [6.45, 7) is 12.1. The van der Waals surface area contributed by atoms with Gasteiger partial charge in [-0.2, -0.15) is 0 Å². The Labute approximate surface area is 123 Å². The minimum Gasteiger partial charge on any atom is -0.369 e. The van der Waals surface area contributed by atoms with E-state index in [1.165, 1.54) is 0 Å². The van der Waals surface area contributed by atoms with Gasteiger partial charge in [-0.05, 0) is 36.9 Å². The Kier molecular flexibility index (Phi) is 7.60. The average molecular weight is 280 g/mol. The smallest absolute Gasteiger partial charge is 0.146 e. The van der Waals surface area contributed by atoms with Crippen molar-refractivity contribution >= 4 is 5.69 Å². The number of halogens is 1. The van der Waals surface area contributed by atoms with Crippen LogP contribution in [0.1, 0.15) is 46.1 Å². The molecule has 0 saturated heterocycles. The first-order valence-corrected chi connectivity index (χ1v) is 7.83. The molecule has 3 heteroatoms. The molecule has 1 aromatic rings. The van der Waals surface area contributed by atoms with Gasteiger partial charge in [-0.3, -0.25) is 0 Å². The first-order valence-electron chi connectivity index (χ1n) is 7.83. The minimum absolute atomic E-state index is 0.101. The summed E-state index contributed by atoms with van der Waals surface area (Å²) in [4.78, 5) is 2.18. The van der Waals surface area contributed by atoms with Gasteiger partial charge in [0.1, 0.15) is 5.82 Å². The zero-order chi connectivity index (χ0) is 15.0. The van der Waals surface area contributed by atoms with Gasteiger partial charge in [-0.1, -0.05) is 39.8 Å². The molecule has 0 aliphatic heterocycles. The van der Waals surface area contributed by atoms with Crippen LogP contribution in [0.15, 0.2) is 18.2 Å². The van der Waals surface area contributed by atoms with Crippen LogP contribution in [0.3, 0.4) is 0 Å². The van der Waals surface area contributed by atoms with Crippen LogP contribution in [0.5, 0.6) is 0 Å². The number of hydrogen-bond acceptors (Lipinski definition) is 2. The average Bonchev–Trinajstić information content (AvgIpc) is 2.38. The highest BCUT2D eigenvalue weighted by molar-refractivity contribution is 5.55. The molecule has 0 unspecified atom stereocenters. The van der Waals surface area contributed by atoms with Crippen LogP contribution in [-0.2, 0) is 6.54 Å². The van der Waals surface area contributed by atoms with E-state index < -0.39 is 0 Å². The summed E-state index contributed by atoms with van der Waals surface area (Å²) in [7, 11) is 0. The molecule has 2 nitrogen and oxygen atoms in total. The lowest BCUT2D eigenvalue weighted by molar-refractivity contribution is 0.548. The molecule has 0 heterocycles. The SMILES string of the molecule is CCCN(CCC)c1c(F)cccc1CNCC(C)C. The van der Waals surface area contributed by atoms with Crippen LogP contribution in [0.25, 0.3) is 0 Å². The lowest BCUT2D eigenvalue weighted by Crippen LogP contribution is -2.28. The van der Waals surface area contributed by atoms with Crippen molar-refractivity contribution in [3.05, 3.63) is 29.6 Å². The van der Waals surface area contributed by atoms with E-state index in [2.05, 4.69) is 37.9 Å². The fraction of sp³-hybridized carbons (Fsp3) is 0.647. The minimum atomic E-state index is -0.101. The molecule has 0 bridgehead atoms. The third kappa shape index (κ3) is 5.12. The van der Waals surface area contributed by atoms with Crippen molar-refractivity contribution in [1.82, 2.24) is 5.32 Å².